The summed E-state index contributed by atoms with van der Waals surface area (Å²) < 4.78 is 1.52. The van der Waals surface area contributed by atoms with Crippen LogP contribution in [0.1, 0.15) is 23.7 Å². The van der Waals surface area contributed by atoms with E-state index in [4.69, 9.17) is 18.2 Å². The number of rotatable bonds is 3. The van der Waals surface area contributed by atoms with Gasteiger partial charge < -0.3 is 9.95 Å². The van der Waals surface area contributed by atoms with Crippen molar-refractivity contribution in [1.82, 2.24) is 9.38 Å². The largest absolute Gasteiger partial charge is 0.388 e. The van der Waals surface area contributed by atoms with Crippen molar-refractivity contribution in [3.8, 4) is 0 Å². The number of aliphatic hydroxyl groups excluding tert-OH is 1. The molecule has 0 aromatic carbocycles. The van der Waals surface area contributed by atoms with Crippen molar-refractivity contribution >= 4 is 27.9 Å². The van der Waals surface area contributed by atoms with E-state index < -0.39 is 5.54 Å². The fourth-order valence-corrected chi connectivity index (χ4v) is 3.41. The molecule has 2 heterocycles. The lowest BCUT2D eigenvalue weighted by Crippen LogP contribution is -2.18. The zero-order chi connectivity index (χ0) is 13.6. The first-order chi connectivity index (χ1) is 9.15. The van der Waals surface area contributed by atoms with Crippen molar-refractivity contribution in [2.24, 2.45) is 0 Å². The lowest BCUT2D eigenvalue weighted by atomic mass is 10.2. The van der Waals surface area contributed by atoms with Gasteiger partial charge in [0.15, 0.2) is 4.96 Å². The molecule has 0 aliphatic heterocycles. The Kier molecular flexibility index (Phi) is 2.86. The van der Waals surface area contributed by atoms with Crippen molar-refractivity contribution in [2.45, 2.75) is 23.8 Å². The first kappa shape index (κ1) is 12.6. The van der Waals surface area contributed by atoms with Crippen LogP contribution in [0.5, 0.6) is 0 Å². The van der Waals surface area contributed by atoms with Crippen molar-refractivity contribution in [3.63, 3.8) is 0 Å². The SMILES string of the molecule is [C-]#[N+]C1(CO)CC1c1csc2nc(CCl)cc(=O)n12. The minimum absolute atomic E-state index is 0.0925. The maximum atomic E-state index is 12.1. The number of alkyl halides is 1. The van der Waals surface area contributed by atoms with E-state index in [2.05, 4.69) is 9.83 Å². The van der Waals surface area contributed by atoms with E-state index in [-0.39, 0.29) is 24.0 Å². The molecule has 2 aromatic rings. The van der Waals surface area contributed by atoms with Gasteiger partial charge in [-0.25, -0.2) is 11.6 Å². The van der Waals surface area contributed by atoms with Crippen LogP contribution in [0.2, 0.25) is 0 Å². The number of halogens is 1. The van der Waals surface area contributed by atoms with Crippen LogP contribution in [0.25, 0.3) is 9.81 Å². The highest BCUT2D eigenvalue weighted by molar-refractivity contribution is 7.15. The zero-order valence-electron chi connectivity index (χ0n) is 9.84. The predicted octanol–water partition coefficient (Wildman–Crippen LogP) is 1.63. The second-order valence-corrected chi connectivity index (χ2v) is 5.73. The van der Waals surface area contributed by atoms with E-state index in [0.29, 0.717) is 17.1 Å². The van der Waals surface area contributed by atoms with Gasteiger partial charge in [-0.1, -0.05) is 0 Å². The van der Waals surface area contributed by atoms with Crippen LogP contribution in [0.3, 0.4) is 0 Å². The molecule has 0 spiro atoms. The molecule has 98 valence electrons. The van der Waals surface area contributed by atoms with Gasteiger partial charge in [0.05, 0.1) is 23.2 Å². The lowest BCUT2D eigenvalue weighted by molar-refractivity contribution is 0.270. The molecule has 0 radical (unpaired) electrons. The molecule has 19 heavy (non-hydrogen) atoms. The van der Waals surface area contributed by atoms with Crippen molar-refractivity contribution in [2.75, 3.05) is 6.61 Å². The number of nitrogens with zero attached hydrogens (tertiary/aromatic N) is 3. The molecule has 0 bridgehead atoms. The molecule has 1 N–H and O–H groups in total. The number of aliphatic hydroxyl groups is 1. The number of aromatic nitrogens is 2. The Morgan fingerprint density at radius 2 is 2.53 bits per heavy atom. The van der Waals surface area contributed by atoms with E-state index in [1.807, 2.05) is 5.38 Å². The third-order valence-corrected chi connectivity index (χ3v) is 4.64. The summed E-state index contributed by atoms with van der Waals surface area (Å²) in [5.74, 6) is 0.107. The summed E-state index contributed by atoms with van der Waals surface area (Å²) in [7, 11) is 0. The van der Waals surface area contributed by atoms with E-state index in [1.165, 1.54) is 21.8 Å². The molecule has 1 aliphatic carbocycles. The Morgan fingerprint density at radius 3 is 3.11 bits per heavy atom. The molecule has 1 fully saturated rings. The summed E-state index contributed by atoms with van der Waals surface area (Å²) in [5.41, 5.74) is 0.386. The molecule has 7 heteroatoms. The molecule has 0 amide bonds. The highest BCUT2D eigenvalue weighted by atomic mass is 35.5. The molecular weight excluding hydrogens is 286 g/mol. The van der Waals surface area contributed by atoms with Gasteiger partial charge in [0.1, 0.15) is 6.61 Å². The third kappa shape index (κ3) is 1.77. The third-order valence-electron chi connectivity index (χ3n) is 3.52. The van der Waals surface area contributed by atoms with Gasteiger partial charge in [0, 0.05) is 17.9 Å². The van der Waals surface area contributed by atoms with Gasteiger partial charge in [-0.3, -0.25) is 9.20 Å². The molecule has 0 saturated heterocycles. The molecule has 3 rings (SSSR count). The number of hydrogen-bond donors (Lipinski definition) is 1. The summed E-state index contributed by atoms with van der Waals surface area (Å²) in [6.45, 7) is 6.99. The number of fused-ring (bicyclic) bond motifs is 1. The molecule has 2 unspecified atom stereocenters. The van der Waals surface area contributed by atoms with E-state index in [1.54, 1.807) is 0 Å². The first-order valence-electron chi connectivity index (χ1n) is 5.70. The molecule has 2 aromatic heterocycles. The Balaban J connectivity index is 2.14. The standard InChI is InChI=1S/C12H10ClN3O2S/c1-14-12(6-17)3-8(12)9-5-19-11-15-7(4-13)2-10(18)16(9)11/h2,5,8,17H,3-4,6H2. The minimum atomic E-state index is -0.751. The topological polar surface area (TPSA) is 59.0 Å². The highest BCUT2D eigenvalue weighted by Gasteiger charge is 2.64. The molecule has 2 atom stereocenters. The van der Waals surface area contributed by atoms with E-state index in [0.717, 1.165) is 5.69 Å². The first-order valence-corrected chi connectivity index (χ1v) is 7.12. The summed E-state index contributed by atoms with van der Waals surface area (Å²) in [6, 6.07) is 1.41. The van der Waals surface area contributed by atoms with Crippen LogP contribution in [0, 0.1) is 6.57 Å². The van der Waals surface area contributed by atoms with Gasteiger partial charge in [0.25, 0.3) is 11.1 Å². The Hall–Kier alpha value is -1.42. The van der Waals surface area contributed by atoms with Crippen LogP contribution in [0.4, 0.5) is 0 Å². The number of thiazole rings is 1. The Morgan fingerprint density at radius 1 is 1.74 bits per heavy atom. The van der Waals surface area contributed by atoms with E-state index >= 15 is 0 Å². The average Bonchev–Trinajstić information content (AvgIpc) is 3.01. The summed E-state index contributed by atoms with van der Waals surface area (Å²) in [4.78, 5) is 20.5. The molecule has 5 nitrogen and oxygen atoms in total. The van der Waals surface area contributed by atoms with Crippen LogP contribution in [-0.4, -0.2) is 26.6 Å². The van der Waals surface area contributed by atoms with Gasteiger partial charge in [-0.05, 0) is 0 Å². The minimum Gasteiger partial charge on any atom is -0.388 e. The predicted molar refractivity (Wildman–Crippen MR) is 72.7 cm³/mol. The quantitative estimate of drug-likeness (QED) is 0.692. The fourth-order valence-electron chi connectivity index (χ4n) is 2.30. The summed E-state index contributed by atoms with van der Waals surface area (Å²) in [6.07, 6.45) is 0.586. The highest BCUT2D eigenvalue weighted by Crippen LogP contribution is 2.54. The molecule has 1 aliphatic rings. The van der Waals surface area contributed by atoms with Crippen molar-refractivity contribution in [1.29, 1.82) is 0 Å². The van der Waals surface area contributed by atoms with Crippen LogP contribution >= 0.6 is 22.9 Å². The van der Waals surface area contributed by atoms with Crippen molar-refractivity contribution in [3.05, 3.63) is 44.6 Å². The lowest BCUT2D eigenvalue weighted by Gasteiger charge is -2.02. The maximum absolute atomic E-state index is 12.1. The summed E-state index contributed by atoms with van der Waals surface area (Å²) in [5, 5.41) is 11.2. The molecule has 1 saturated carbocycles. The fraction of sp³-hybridized carbons (Fsp3) is 0.417. The molecular formula is C12H10ClN3O2S. The van der Waals surface area contributed by atoms with Gasteiger partial charge >= 0.3 is 0 Å². The second-order valence-electron chi connectivity index (χ2n) is 4.63. The van der Waals surface area contributed by atoms with Crippen LogP contribution < -0.4 is 5.56 Å². The Bertz CT molecular complexity index is 747. The zero-order valence-corrected chi connectivity index (χ0v) is 11.4. The van der Waals surface area contributed by atoms with Crippen LogP contribution in [-0.2, 0) is 5.88 Å². The van der Waals surface area contributed by atoms with Crippen molar-refractivity contribution < 1.29 is 5.11 Å². The van der Waals surface area contributed by atoms with Gasteiger partial charge in [-0.2, -0.15) is 0 Å². The monoisotopic (exact) mass is 295 g/mol. The normalized spacial score (nSPS) is 25.4. The maximum Gasteiger partial charge on any atom is 0.264 e. The van der Waals surface area contributed by atoms with E-state index in [9.17, 15) is 9.90 Å². The summed E-state index contributed by atoms with van der Waals surface area (Å²) >= 11 is 7.05. The Labute approximate surface area is 117 Å². The smallest absolute Gasteiger partial charge is 0.264 e. The van der Waals surface area contributed by atoms with Gasteiger partial charge in [0.2, 0.25) is 0 Å². The number of hydrogen-bond acceptors (Lipinski definition) is 4. The van der Waals surface area contributed by atoms with Crippen LogP contribution in [0.15, 0.2) is 16.2 Å². The second kappa shape index (κ2) is 4.30. The van der Waals surface area contributed by atoms with Gasteiger partial charge in [-0.15, -0.1) is 22.9 Å². The average molecular weight is 296 g/mol.